The highest BCUT2D eigenvalue weighted by molar-refractivity contribution is 5.78. The van der Waals surface area contributed by atoms with Gasteiger partial charge >= 0.3 is 0 Å². The molecule has 0 unspecified atom stereocenters. The van der Waals surface area contributed by atoms with Gasteiger partial charge < -0.3 is 15.1 Å². The third-order valence-electron chi connectivity index (χ3n) is 2.92. The molecule has 1 rings (SSSR count). The monoisotopic (exact) mass is 251 g/mol. The molecule has 0 saturated carbocycles. The van der Waals surface area contributed by atoms with Crippen molar-refractivity contribution in [2.75, 3.05) is 31.2 Å². The second-order valence-electron chi connectivity index (χ2n) is 4.30. The fourth-order valence-electron chi connectivity index (χ4n) is 1.88. The molecule has 0 aliphatic heterocycles. The fourth-order valence-corrected chi connectivity index (χ4v) is 1.88. The van der Waals surface area contributed by atoms with Gasteiger partial charge in [0.25, 0.3) is 0 Å². The summed E-state index contributed by atoms with van der Waals surface area (Å²) in [6, 6.07) is 5.69. The first-order chi connectivity index (χ1) is 8.72. The summed E-state index contributed by atoms with van der Waals surface area (Å²) in [5.41, 5.74) is 2.67. The molecule has 0 heterocycles. The van der Waals surface area contributed by atoms with E-state index in [4.69, 9.17) is 10.2 Å². The van der Waals surface area contributed by atoms with Gasteiger partial charge in [0.05, 0.1) is 0 Å². The number of aliphatic hydroxyl groups excluding tert-OH is 2. The SMILES string of the molecule is Cc1cc(N(CCCO)CCCO)ccc1C=O. The molecular formula is C14H21NO3. The smallest absolute Gasteiger partial charge is 0.150 e. The zero-order chi connectivity index (χ0) is 13.4. The van der Waals surface area contributed by atoms with Crippen LogP contribution in [0.2, 0.25) is 0 Å². The predicted molar refractivity (Wildman–Crippen MR) is 72.2 cm³/mol. The number of carbonyl (C=O) groups is 1. The molecule has 1 aromatic rings. The minimum Gasteiger partial charge on any atom is -0.396 e. The van der Waals surface area contributed by atoms with Crippen LogP contribution in [0.3, 0.4) is 0 Å². The van der Waals surface area contributed by atoms with E-state index in [9.17, 15) is 4.79 Å². The van der Waals surface area contributed by atoms with Gasteiger partial charge in [0.15, 0.2) is 0 Å². The first kappa shape index (κ1) is 14.7. The molecule has 0 atom stereocenters. The van der Waals surface area contributed by atoms with Crippen molar-refractivity contribution in [1.29, 1.82) is 0 Å². The van der Waals surface area contributed by atoms with Crippen LogP contribution in [0, 0.1) is 6.92 Å². The van der Waals surface area contributed by atoms with E-state index in [1.807, 2.05) is 25.1 Å². The largest absolute Gasteiger partial charge is 0.396 e. The first-order valence-corrected chi connectivity index (χ1v) is 6.25. The van der Waals surface area contributed by atoms with E-state index in [1.165, 1.54) is 0 Å². The van der Waals surface area contributed by atoms with Gasteiger partial charge in [0.2, 0.25) is 0 Å². The molecule has 4 nitrogen and oxygen atoms in total. The molecule has 0 bridgehead atoms. The number of aliphatic hydroxyl groups is 2. The maximum Gasteiger partial charge on any atom is 0.150 e. The summed E-state index contributed by atoms with van der Waals surface area (Å²) in [4.78, 5) is 12.9. The number of nitrogens with zero attached hydrogens (tertiary/aromatic N) is 1. The number of anilines is 1. The van der Waals surface area contributed by atoms with Crippen LogP contribution in [0.4, 0.5) is 5.69 Å². The summed E-state index contributed by atoms with van der Waals surface area (Å²) in [5.74, 6) is 0. The fraction of sp³-hybridized carbons (Fsp3) is 0.500. The summed E-state index contributed by atoms with van der Waals surface area (Å²) in [6.45, 7) is 3.71. The number of hydrogen-bond acceptors (Lipinski definition) is 4. The highest BCUT2D eigenvalue weighted by Gasteiger charge is 2.07. The van der Waals surface area contributed by atoms with Crippen molar-refractivity contribution in [3.8, 4) is 0 Å². The van der Waals surface area contributed by atoms with Crippen molar-refractivity contribution in [3.63, 3.8) is 0 Å². The highest BCUT2D eigenvalue weighted by Crippen LogP contribution is 2.19. The van der Waals surface area contributed by atoms with Gasteiger partial charge in [-0.3, -0.25) is 4.79 Å². The standard InChI is InChI=1S/C14H21NO3/c1-12-10-14(5-4-13(12)11-18)15(6-2-8-16)7-3-9-17/h4-5,10-11,16-17H,2-3,6-9H2,1H3. The molecule has 0 spiro atoms. The van der Waals surface area contributed by atoms with E-state index in [0.717, 1.165) is 30.6 Å². The van der Waals surface area contributed by atoms with Gasteiger partial charge in [-0.05, 0) is 43.5 Å². The van der Waals surface area contributed by atoms with Crippen LogP contribution in [-0.4, -0.2) is 42.8 Å². The van der Waals surface area contributed by atoms with Crippen molar-refractivity contribution in [1.82, 2.24) is 0 Å². The Morgan fingerprint density at radius 1 is 1.17 bits per heavy atom. The van der Waals surface area contributed by atoms with Gasteiger partial charge in [-0.2, -0.15) is 0 Å². The van der Waals surface area contributed by atoms with Crippen LogP contribution in [0.25, 0.3) is 0 Å². The van der Waals surface area contributed by atoms with Crippen molar-refractivity contribution >= 4 is 12.0 Å². The van der Waals surface area contributed by atoms with Crippen molar-refractivity contribution in [2.24, 2.45) is 0 Å². The molecule has 0 aromatic heterocycles. The maximum absolute atomic E-state index is 10.8. The topological polar surface area (TPSA) is 60.8 Å². The Morgan fingerprint density at radius 3 is 2.22 bits per heavy atom. The quantitative estimate of drug-likeness (QED) is 0.685. The highest BCUT2D eigenvalue weighted by atomic mass is 16.3. The maximum atomic E-state index is 10.8. The molecule has 1 aromatic carbocycles. The van der Waals surface area contributed by atoms with Gasteiger partial charge in [-0.1, -0.05) is 0 Å². The number of carbonyl (C=O) groups excluding carboxylic acids is 1. The normalized spacial score (nSPS) is 10.4. The van der Waals surface area contributed by atoms with E-state index in [-0.39, 0.29) is 13.2 Å². The van der Waals surface area contributed by atoms with Gasteiger partial charge in [0.1, 0.15) is 6.29 Å². The molecule has 18 heavy (non-hydrogen) atoms. The van der Waals surface area contributed by atoms with Gasteiger partial charge in [-0.15, -0.1) is 0 Å². The van der Waals surface area contributed by atoms with E-state index in [2.05, 4.69) is 4.90 Å². The number of rotatable bonds is 8. The minimum atomic E-state index is 0.154. The molecule has 0 fully saturated rings. The zero-order valence-corrected chi connectivity index (χ0v) is 10.8. The summed E-state index contributed by atoms with van der Waals surface area (Å²) in [6.07, 6.45) is 2.24. The van der Waals surface area contributed by atoms with Gasteiger partial charge in [-0.25, -0.2) is 0 Å². The lowest BCUT2D eigenvalue weighted by Gasteiger charge is -2.25. The third kappa shape index (κ3) is 4.13. The van der Waals surface area contributed by atoms with Crippen LogP contribution < -0.4 is 4.90 Å². The lowest BCUT2D eigenvalue weighted by molar-refractivity contribution is 0.112. The van der Waals surface area contributed by atoms with E-state index < -0.39 is 0 Å². The minimum absolute atomic E-state index is 0.154. The van der Waals surface area contributed by atoms with Crippen molar-refractivity contribution in [3.05, 3.63) is 29.3 Å². The van der Waals surface area contributed by atoms with Crippen molar-refractivity contribution in [2.45, 2.75) is 19.8 Å². The van der Waals surface area contributed by atoms with Crippen molar-refractivity contribution < 1.29 is 15.0 Å². The average Bonchev–Trinajstić information content (AvgIpc) is 2.39. The zero-order valence-electron chi connectivity index (χ0n) is 10.8. The lowest BCUT2D eigenvalue weighted by Crippen LogP contribution is -2.27. The Balaban J connectivity index is 2.82. The summed E-state index contributed by atoms with van der Waals surface area (Å²) >= 11 is 0. The molecule has 0 saturated heterocycles. The molecule has 2 N–H and O–H groups in total. The Morgan fingerprint density at radius 2 is 1.78 bits per heavy atom. The lowest BCUT2D eigenvalue weighted by atomic mass is 10.1. The number of hydrogen-bond donors (Lipinski definition) is 2. The number of benzene rings is 1. The second kappa shape index (κ2) is 7.84. The molecule has 100 valence electrons. The molecule has 0 aliphatic carbocycles. The molecular weight excluding hydrogens is 230 g/mol. The molecule has 0 amide bonds. The number of aldehydes is 1. The van der Waals surface area contributed by atoms with Crippen LogP contribution in [0.5, 0.6) is 0 Å². The van der Waals surface area contributed by atoms with E-state index in [0.29, 0.717) is 18.4 Å². The van der Waals surface area contributed by atoms with Crippen LogP contribution in [0.1, 0.15) is 28.8 Å². The summed E-state index contributed by atoms with van der Waals surface area (Å²) < 4.78 is 0. The Labute approximate surface area is 108 Å². The van der Waals surface area contributed by atoms with E-state index in [1.54, 1.807) is 0 Å². The van der Waals surface area contributed by atoms with Gasteiger partial charge in [0, 0.05) is 37.6 Å². The Kier molecular flexibility index (Phi) is 6.39. The summed E-state index contributed by atoms with van der Waals surface area (Å²) in [7, 11) is 0. The second-order valence-corrected chi connectivity index (χ2v) is 4.30. The van der Waals surface area contributed by atoms with E-state index >= 15 is 0 Å². The molecule has 0 aliphatic rings. The Bertz CT molecular complexity index is 371. The predicted octanol–water partition coefficient (Wildman–Crippen LogP) is 1.38. The molecule has 4 heteroatoms. The average molecular weight is 251 g/mol. The first-order valence-electron chi connectivity index (χ1n) is 6.25. The van der Waals surface area contributed by atoms with Crippen LogP contribution in [-0.2, 0) is 0 Å². The molecule has 0 radical (unpaired) electrons. The summed E-state index contributed by atoms with van der Waals surface area (Å²) in [5, 5.41) is 17.8. The third-order valence-corrected chi connectivity index (χ3v) is 2.92. The van der Waals surface area contributed by atoms with Crippen LogP contribution >= 0.6 is 0 Å². The van der Waals surface area contributed by atoms with Crippen LogP contribution in [0.15, 0.2) is 18.2 Å². The Hall–Kier alpha value is -1.39. The number of aryl methyl sites for hydroxylation is 1.